The van der Waals surface area contributed by atoms with Crippen molar-refractivity contribution < 1.29 is 14.0 Å². The molecule has 0 aliphatic rings. The molecule has 3 aromatic rings. The summed E-state index contributed by atoms with van der Waals surface area (Å²) in [4.78, 5) is 27.6. The van der Waals surface area contributed by atoms with E-state index in [1.165, 1.54) is 17.0 Å². The third-order valence-electron chi connectivity index (χ3n) is 5.36. The second kappa shape index (κ2) is 11.0. The van der Waals surface area contributed by atoms with Gasteiger partial charge in [-0.2, -0.15) is 5.10 Å². The van der Waals surface area contributed by atoms with Crippen LogP contribution in [0.25, 0.3) is 5.69 Å². The summed E-state index contributed by atoms with van der Waals surface area (Å²) in [6.07, 6.45) is 0.0944. The third-order valence-corrected chi connectivity index (χ3v) is 5.61. The summed E-state index contributed by atoms with van der Waals surface area (Å²) in [5.41, 5.74) is 2.04. The van der Waals surface area contributed by atoms with Crippen molar-refractivity contribution in [1.82, 2.24) is 14.7 Å². The minimum atomic E-state index is -0.355. The van der Waals surface area contributed by atoms with Crippen LogP contribution in [0.15, 0.2) is 54.6 Å². The Bertz CT molecular complexity index is 1170. The van der Waals surface area contributed by atoms with Crippen molar-refractivity contribution in [3.05, 3.63) is 76.7 Å². The molecule has 0 saturated heterocycles. The van der Waals surface area contributed by atoms with E-state index in [0.29, 0.717) is 22.9 Å². The number of aromatic nitrogens is 2. The van der Waals surface area contributed by atoms with Crippen LogP contribution in [0.1, 0.15) is 45.9 Å². The number of anilines is 1. The van der Waals surface area contributed by atoms with Crippen LogP contribution in [0, 0.1) is 11.7 Å². The van der Waals surface area contributed by atoms with E-state index in [2.05, 4.69) is 5.32 Å². The minimum absolute atomic E-state index is 0.0944. The van der Waals surface area contributed by atoms with Crippen molar-refractivity contribution in [3.8, 4) is 5.69 Å². The lowest BCUT2D eigenvalue weighted by Crippen LogP contribution is -2.41. The predicted molar refractivity (Wildman–Crippen MR) is 137 cm³/mol. The zero-order valence-electron chi connectivity index (χ0n) is 20.8. The Kier molecular flexibility index (Phi) is 8.33. The molecule has 0 bridgehead atoms. The van der Waals surface area contributed by atoms with Gasteiger partial charge in [0.25, 0.3) is 0 Å². The molecule has 0 unspecified atom stereocenters. The first kappa shape index (κ1) is 26.4. The summed E-state index contributed by atoms with van der Waals surface area (Å²) >= 11 is 6.04. The number of benzene rings is 2. The van der Waals surface area contributed by atoms with E-state index in [1.54, 1.807) is 28.9 Å². The van der Waals surface area contributed by atoms with Gasteiger partial charge in [-0.15, -0.1) is 0 Å². The summed E-state index contributed by atoms with van der Waals surface area (Å²) in [6.45, 7) is 10.4. The van der Waals surface area contributed by atoms with E-state index >= 15 is 0 Å². The Labute approximate surface area is 211 Å². The van der Waals surface area contributed by atoms with E-state index in [-0.39, 0.29) is 41.9 Å². The molecule has 0 spiro atoms. The number of carbonyl (C=O) groups is 2. The molecule has 2 amide bonds. The smallest absolute Gasteiger partial charge is 0.245 e. The van der Waals surface area contributed by atoms with Gasteiger partial charge in [-0.1, -0.05) is 58.4 Å². The van der Waals surface area contributed by atoms with Gasteiger partial charge < -0.3 is 10.2 Å². The zero-order chi connectivity index (χ0) is 25.8. The van der Waals surface area contributed by atoms with Crippen LogP contribution in [0.3, 0.4) is 0 Å². The number of nitrogens with zero attached hydrogens (tertiary/aromatic N) is 3. The molecular weight excluding hydrogens is 467 g/mol. The van der Waals surface area contributed by atoms with Crippen molar-refractivity contribution >= 4 is 29.2 Å². The fourth-order valence-electron chi connectivity index (χ4n) is 3.56. The Balaban J connectivity index is 1.80. The van der Waals surface area contributed by atoms with Gasteiger partial charge in [-0.25, -0.2) is 9.07 Å². The SMILES string of the molecule is CC(C)CN(CC(=O)Nc1cc(C(C)(C)C)nn1-c1ccc(Cl)cc1)C(=O)Cc1ccc(F)cc1. The number of hydrogen-bond acceptors (Lipinski definition) is 3. The van der Waals surface area contributed by atoms with Crippen LogP contribution < -0.4 is 5.32 Å². The lowest BCUT2D eigenvalue weighted by atomic mass is 9.92. The van der Waals surface area contributed by atoms with Crippen LogP contribution in [0.4, 0.5) is 10.2 Å². The molecular formula is C27H32ClFN4O2. The highest BCUT2D eigenvalue weighted by Gasteiger charge is 2.23. The summed E-state index contributed by atoms with van der Waals surface area (Å²) < 4.78 is 14.9. The summed E-state index contributed by atoms with van der Waals surface area (Å²) in [7, 11) is 0. The molecule has 0 aliphatic carbocycles. The highest BCUT2D eigenvalue weighted by molar-refractivity contribution is 6.30. The fourth-order valence-corrected chi connectivity index (χ4v) is 3.68. The van der Waals surface area contributed by atoms with Crippen molar-refractivity contribution in [3.63, 3.8) is 0 Å². The van der Waals surface area contributed by atoms with Crippen LogP contribution >= 0.6 is 11.6 Å². The normalized spacial score (nSPS) is 11.5. The Morgan fingerprint density at radius 2 is 1.71 bits per heavy atom. The maximum atomic E-state index is 13.2. The Morgan fingerprint density at radius 1 is 1.09 bits per heavy atom. The van der Waals surface area contributed by atoms with Crippen LogP contribution in [0.5, 0.6) is 0 Å². The average molecular weight is 499 g/mol. The molecule has 35 heavy (non-hydrogen) atoms. The van der Waals surface area contributed by atoms with Crippen LogP contribution in [-0.2, 0) is 21.4 Å². The van der Waals surface area contributed by atoms with E-state index in [9.17, 15) is 14.0 Å². The molecule has 0 fully saturated rings. The molecule has 2 aromatic carbocycles. The molecule has 3 rings (SSSR count). The third kappa shape index (κ3) is 7.39. The molecule has 0 atom stereocenters. The Hall–Kier alpha value is -3.19. The monoisotopic (exact) mass is 498 g/mol. The molecule has 0 saturated carbocycles. The molecule has 1 heterocycles. The van der Waals surface area contributed by atoms with Gasteiger partial charge in [0.05, 0.1) is 24.3 Å². The van der Waals surface area contributed by atoms with Gasteiger partial charge >= 0.3 is 0 Å². The summed E-state index contributed by atoms with van der Waals surface area (Å²) in [5, 5.41) is 8.24. The van der Waals surface area contributed by atoms with E-state index in [1.807, 2.05) is 52.8 Å². The first-order valence-electron chi connectivity index (χ1n) is 11.6. The zero-order valence-corrected chi connectivity index (χ0v) is 21.6. The quantitative estimate of drug-likeness (QED) is 0.437. The van der Waals surface area contributed by atoms with Gasteiger partial charge in [-0.05, 0) is 47.9 Å². The topological polar surface area (TPSA) is 67.2 Å². The Morgan fingerprint density at radius 3 is 2.29 bits per heavy atom. The highest BCUT2D eigenvalue weighted by atomic mass is 35.5. The predicted octanol–water partition coefficient (Wildman–Crippen LogP) is 5.63. The standard InChI is InChI=1S/C27H32ClFN4O2/c1-18(2)16-32(26(35)14-19-6-10-21(29)11-7-19)17-25(34)30-24-15-23(27(3,4)5)31-33(24)22-12-8-20(28)9-13-22/h6-13,15,18H,14,16-17H2,1-5H3,(H,30,34). The first-order chi connectivity index (χ1) is 16.4. The number of hydrogen-bond donors (Lipinski definition) is 1. The molecule has 1 N–H and O–H groups in total. The average Bonchev–Trinajstić information content (AvgIpc) is 3.19. The largest absolute Gasteiger partial charge is 0.333 e. The molecule has 6 nitrogen and oxygen atoms in total. The molecule has 1 aromatic heterocycles. The van der Waals surface area contributed by atoms with Crippen molar-refractivity contribution in [2.24, 2.45) is 5.92 Å². The first-order valence-corrected chi connectivity index (χ1v) is 12.0. The summed E-state index contributed by atoms with van der Waals surface area (Å²) in [5.74, 6) is -0.188. The maximum absolute atomic E-state index is 13.2. The van der Waals surface area contributed by atoms with Gasteiger partial charge in [0.1, 0.15) is 11.6 Å². The van der Waals surface area contributed by atoms with Crippen molar-refractivity contribution in [1.29, 1.82) is 0 Å². The molecule has 0 radical (unpaired) electrons. The van der Waals surface area contributed by atoms with Gasteiger partial charge in [-0.3, -0.25) is 9.59 Å². The number of nitrogens with one attached hydrogen (secondary N) is 1. The number of halogens is 2. The maximum Gasteiger partial charge on any atom is 0.245 e. The van der Waals surface area contributed by atoms with Crippen LogP contribution in [-0.4, -0.2) is 39.6 Å². The van der Waals surface area contributed by atoms with Crippen molar-refractivity contribution in [2.45, 2.75) is 46.5 Å². The van der Waals surface area contributed by atoms with Crippen LogP contribution in [0.2, 0.25) is 5.02 Å². The van der Waals surface area contributed by atoms with Crippen molar-refractivity contribution in [2.75, 3.05) is 18.4 Å². The lowest BCUT2D eigenvalue weighted by molar-refractivity contribution is -0.134. The molecule has 0 aliphatic heterocycles. The molecule has 8 heteroatoms. The minimum Gasteiger partial charge on any atom is -0.333 e. The van der Waals surface area contributed by atoms with E-state index < -0.39 is 0 Å². The second-order valence-electron chi connectivity index (χ2n) is 10.1. The summed E-state index contributed by atoms with van der Waals surface area (Å²) in [6, 6.07) is 14.8. The second-order valence-corrected chi connectivity index (χ2v) is 10.5. The fraction of sp³-hybridized carbons (Fsp3) is 0.370. The number of rotatable bonds is 8. The van der Waals surface area contributed by atoms with Gasteiger partial charge in [0.2, 0.25) is 11.8 Å². The molecule has 186 valence electrons. The lowest BCUT2D eigenvalue weighted by Gasteiger charge is -2.24. The highest BCUT2D eigenvalue weighted by Crippen LogP contribution is 2.27. The van der Waals surface area contributed by atoms with E-state index in [4.69, 9.17) is 16.7 Å². The number of carbonyl (C=O) groups excluding carboxylic acids is 2. The number of amides is 2. The van der Waals surface area contributed by atoms with Gasteiger partial charge in [0.15, 0.2) is 0 Å². The van der Waals surface area contributed by atoms with Gasteiger partial charge in [0, 0.05) is 23.0 Å². The van der Waals surface area contributed by atoms with E-state index in [0.717, 1.165) is 11.4 Å².